The normalized spacial score (nSPS) is 13.6. The Labute approximate surface area is 218 Å². The molecule has 1 aliphatic rings. The molecule has 4 N–H and O–H groups in total. The Morgan fingerprint density at radius 1 is 0.568 bits per heavy atom. The van der Waals surface area contributed by atoms with E-state index in [0.29, 0.717) is 13.2 Å². The van der Waals surface area contributed by atoms with Crippen LogP contribution in [0.4, 0.5) is 0 Å². The van der Waals surface area contributed by atoms with Gasteiger partial charge in [0.05, 0.1) is 12.5 Å². The third kappa shape index (κ3) is 4.83. The molecular formula is C33H32N2O2. The van der Waals surface area contributed by atoms with Crippen LogP contribution in [0.2, 0.25) is 0 Å². The summed E-state index contributed by atoms with van der Waals surface area (Å²) in [5, 5.41) is 0. The maximum Gasteiger partial charge on any atom is 0.112 e. The molecule has 4 aromatic rings. The quantitative estimate of drug-likeness (QED) is 0.257. The first kappa shape index (κ1) is 24.3. The molecule has 37 heavy (non-hydrogen) atoms. The summed E-state index contributed by atoms with van der Waals surface area (Å²) >= 11 is 0. The molecular weight excluding hydrogens is 456 g/mol. The summed E-state index contributed by atoms with van der Waals surface area (Å²) in [5.41, 5.74) is 23.0. The Morgan fingerprint density at radius 3 is 1.32 bits per heavy atom. The Kier molecular flexibility index (Phi) is 6.74. The van der Waals surface area contributed by atoms with Gasteiger partial charge in [0, 0.05) is 17.8 Å². The maximum absolute atomic E-state index is 5.39. The van der Waals surface area contributed by atoms with Crippen molar-refractivity contribution in [3.63, 3.8) is 0 Å². The van der Waals surface area contributed by atoms with Crippen molar-refractivity contribution in [2.24, 2.45) is 11.5 Å². The van der Waals surface area contributed by atoms with E-state index in [1.54, 1.807) is 0 Å². The fraction of sp³-hybridized carbons (Fsp3) is 0.152. The molecule has 1 aliphatic carbocycles. The molecule has 0 aliphatic heterocycles. The largest absolute Gasteiger partial charge is 0.495 e. The molecule has 0 radical (unpaired) electrons. The van der Waals surface area contributed by atoms with Gasteiger partial charge < -0.3 is 20.9 Å². The van der Waals surface area contributed by atoms with Crippen LogP contribution in [0.3, 0.4) is 0 Å². The summed E-state index contributed by atoms with van der Waals surface area (Å²) in [4.78, 5) is 0. The molecule has 0 spiro atoms. The first-order valence-corrected chi connectivity index (χ1v) is 12.5. The van der Waals surface area contributed by atoms with Gasteiger partial charge in [-0.1, -0.05) is 86.6 Å². The molecule has 0 amide bonds. The highest BCUT2D eigenvalue weighted by atomic mass is 16.5. The number of ether oxygens (including phenoxy) is 2. The molecule has 4 aromatic carbocycles. The predicted molar refractivity (Wildman–Crippen MR) is 151 cm³/mol. The number of fused-ring (bicyclic) bond motifs is 3. The molecule has 0 saturated heterocycles. The van der Waals surface area contributed by atoms with Crippen LogP contribution >= 0.6 is 0 Å². The van der Waals surface area contributed by atoms with Gasteiger partial charge in [0.25, 0.3) is 0 Å². The van der Waals surface area contributed by atoms with Gasteiger partial charge in [-0.2, -0.15) is 0 Å². The first-order chi connectivity index (χ1) is 18.0. The zero-order valence-electron chi connectivity index (χ0n) is 21.3. The number of hydrogen-bond donors (Lipinski definition) is 2. The lowest BCUT2D eigenvalue weighted by Crippen LogP contribution is -2.15. The summed E-state index contributed by atoms with van der Waals surface area (Å²) in [6.45, 7) is 5.65. The molecule has 0 bridgehead atoms. The number of hydrogen-bond acceptors (Lipinski definition) is 4. The number of nitrogens with two attached hydrogens (primary N) is 2. The van der Waals surface area contributed by atoms with E-state index in [0.717, 1.165) is 11.1 Å². The molecule has 4 heteroatoms. The van der Waals surface area contributed by atoms with Gasteiger partial charge in [0.2, 0.25) is 0 Å². The molecule has 5 rings (SSSR count). The standard InChI is InChI=1S/C33H32N2O2/c1-33(2)31-19-27(25-7-3-23(4-8-25)21-36-17-15-34)11-13-29(31)30-14-12-28(20-32(30)33)26-9-5-24(6-10-26)22-37-18-16-35/h3-20H,21-22,34-35H2,1-2H3/b17-15-,18-16-. The Morgan fingerprint density at radius 2 is 0.946 bits per heavy atom. The lowest BCUT2D eigenvalue weighted by molar-refractivity contribution is 0.235. The van der Waals surface area contributed by atoms with Crippen molar-refractivity contribution in [2.45, 2.75) is 32.5 Å². The van der Waals surface area contributed by atoms with Crippen molar-refractivity contribution in [2.75, 3.05) is 0 Å². The monoisotopic (exact) mass is 488 g/mol. The fourth-order valence-electron chi connectivity index (χ4n) is 5.08. The second-order valence-electron chi connectivity index (χ2n) is 9.82. The third-order valence-corrected chi connectivity index (χ3v) is 7.10. The van der Waals surface area contributed by atoms with Crippen LogP contribution in [-0.4, -0.2) is 0 Å². The van der Waals surface area contributed by atoms with Crippen molar-refractivity contribution < 1.29 is 9.47 Å². The minimum Gasteiger partial charge on any atom is -0.495 e. The van der Waals surface area contributed by atoms with Gasteiger partial charge >= 0.3 is 0 Å². The van der Waals surface area contributed by atoms with Crippen molar-refractivity contribution in [1.82, 2.24) is 0 Å². The summed E-state index contributed by atoms with van der Waals surface area (Å²) in [7, 11) is 0. The topological polar surface area (TPSA) is 70.5 Å². The molecule has 0 aromatic heterocycles. The first-order valence-electron chi connectivity index (χ1n) is 12.5. The van der Waals surface area contributed by atoms with Crippen LogP contribution in [-0.2, 0) is 28.1 Å². The van der Waals surface area contributed by atoms with E-state index in [-0.39, 0.29) is 5.41 Å². The summed E-state index contributed by atoms with van der Waals surface area (Å²) < 4.78 is 10.8. The van der Waals surface area contributed by atoms with Crippen LogP contribution in [0.1, 0.15) is 36.1 Å². The zero-order valence-corrected chi connectivity index (χ0v) is 21.3. The maximum atomic E-state index is 5.39. The zero-order chi connectivity index (χ0) is 25.8. The molecule has 0 fully saturated rings. The van der Waals surface area contributed by atoms with Crippen LogP contribution in [0.25, 0.3) is 33.4 Å². The van der Waals surface area contributed by atoms with Gasteiger partial charge in [-0.15, -0.1) is 0 Å². The lowest BCUT2D eigenvalue weighted by Gasteiger charge is -2.22. The molecule has 186 valence electrons. The van der Waals surface area contributed by atoms with Crippen molar-refractivity contribution in [3.8, 4) is 33.4 Å². The van der Waals surface area contributed by atoms with Crippen LogP contribution in [0, 0.1) is 0 Å². The summed E-state index contributed by atoms with van der Waals surface area (Å²) in [6, 6.07) is 30.7. The van der Waals surface area contributed by atoms with Crippen LogP contribution in [0.15, 0.2) is 110 Å². The summed E-state index contributed by atoms with van der Waals surface area (Å²) in [6.07, 6.45) is 5.81. The summed E-state index contributed by atoms with van der Waals surface area (Å²) in [5.74, 6) is 0. The molecule has 0 atom stereocenters. The minimum atomic E-state index is -0.0959. The smallest absolute Gasteiger partial charge is 0.112 e. The van der Waals surface area contributed by atoms with Gasteiger partial charge in [-0.3, -0.25) is 0 Å². The van der Waals surface area contributed by atoms with Gasteiger partial charge in [0.15, 0.2) is 0 Å². The van der Waals surface area contributed by atoms with Crippen molar-refractivity contribution >= 4 is 0 Å². The average Bonchev–Trinajstić information content (AvgIpc) is 3.15. The molecule has 0 heterocycles. The van der Waals surface area contributed by atoms with E-state index in [2.05, 4.69) is 98.8 Å². The molecule has 0 unspecified atom stereocenters. The third-order valence-electron chi connectivity index (χ3n) is 7.10. The van der Waals surface area contributed by atoms with E-state index in [1.807, 2.05) is 0 Å². The van der Waals surface area contributed by atoms with Crippen molar-refractivity contribution in [1.29, 1.82) is 0 Å². The van der Waals surface area contributed by atoms with E-state index in [4.69, 9.17) is 20.9 Å². The van der Waals surface area contributed by atoms with E-state index >= 15 is 0 Å². The SMILES string of the molecule is CC1(C)c2cc(-c3ccc(CO/C=C\N)cc3)ccc2-c2ccc(-c3ccc(CO/C=C\N)cc3)cc21. The van der Waals surface area contributed by atoms with E-state index in [9.17, 15) is 0 Å². The van der Waals surface area contributed by atoms with Crippen LogP contribution < -0.4 is 11.5 Å². The number of benzene rings is 4. The highest BCUT2D eigenvalue weighted by molar-refractivity contribution is 5.85. The minimum absolute atomic E-state index is 0.0959. The second-order valence-corrected chi connectivity index (χ2v) is 9.82. The van der Waals surface area contributed by atoms with Gasteiger partial charge in [0.1, 0.15) is 13.2 Å². The lowest BCUT2D eigenvalue weighted by atomic mass is 9.81. The Bertz CT molecular complexity index is 1340. The second kappa shape index (κ2) is 10.3. The highest BCUT2D eigenvalue weighted by Crippen LogP contribution is 2.50. The fourth-order valence-corrected chi connectivity index (χ4v) is 5.08. The Hall–Kier alpha value is -4.44. The van der Waals surface area contributed by atoms with E-state index < -0.39 is 0 Å². The Balaban J connectivity index is 1.41. The average molecular weight is 489 g/mol. The highest BCUT2D eigenvalue weighted by Gasteiger charge is 2.35. The van der Waals surface area contributed by atoms with E-state index in [1.165, 1.54) is 69.4 Å². The van der Waals surface area contributed by atoms with Gasteiger partial charge in [-0.05, 0) is 67.8 Å². The van der Waals surface area contributed by atoms with Crippen LogP contribution in [0.5, 0.6) is 0 Å². The van der Waals surface area contributed by atoms with Crippen molar-refractivity contribution in [3.05, 3.63) is 132 Å². The van der Waals surface area contributed by atoms with Gasteiger partial charge in [-0.25, -0.2) is 0 Å². The molecule has 0 saturated carbocycles. The predicted octanol–water partition coefficient (Wildman–Crippen LogP) is 7.22. The molecule has 4 nitrogen and oxygen atoms in total. The number of rotatable bonds is 8.